The summed E-state index contributed by atoms with van der Waals surface area (Å²) >= 11 is 0. The van der Waals surface area contributed by atoms with Crippen LogP contribution in [-0.2, 0) is 22.4 Å². The van der Waals surface area contributed by atoms with E-state index in [1.807, 2.05) is 13.0 Å². The third-order valence-electron chi connectivity index (χ3n) is 4.81. The highest BCUT2D eigenvalue weighted by atomic mass is 16.5. The molecule has 1 aliphatic carbocycles. The van der Waals surface area contributed by atoms with Gasteiger partial charge in [-0.1, -0.05) is 19.1 Å². The fourth-order valence-corrected chi connectivity index (χ4v) is 3.33. The molecular formula is C22H25NO4. The molecule has 0 spiro atoms. The molecule has 142 valence electrons. The molecule has 0 fully saturated rings. The van der Waals surface area contributed by atoms with Gasteiger partial charge in [0, 0.05) is 5.69 Å². The van der Waals surface area contributed by atoms with Crippen LogP contribution in [0, 0.1) is 0 Å². The molecule has 0 saturated carbocycles. The van der Waals surface area contributed by atoms with Gasteiger partial charge in [-0.2, -0.15) is 0 Å². The molecule has 2 aromatic rings. The van der Waals surface area contributed by atoms with Gasteiger partial charge in [-0.3, -0.25) is 4.79 Å². The Morgan fingerprint density at radius 1 is 1.07 bits per heavy atom. The molecule has 2 aromatic carbocycles. The molecule has 0 aromatic heterocycles. The number of amides is 1. The first-order chi connectivity index (χ1) is 13.1. The van der Waals surface area contributed by atoms with Crippen molar-refractivity contribution >= 4 is 17.6 Å². The molecule has 1 amide bonds. The number of rotatable bonds is 6. The Morgan fingerprint density at radius 2 is 1.85 bits per heavy atom. The Kier molecular flexibility index (Phi) is 6.12. The predicted molar refractivity (Wildman–Crippen MR) is 104 cm³/mol. The summed E-state index contributed by atoms with van der Waals surface area (Å²) in [5.41, 5.74) is 3.62. The molecular weight excluding hydrogens is 342 g/mol. The van der Waals surface area contributed by atoms with Crippen molar-refractivity contribution in [2.75, 3.05) is 12.4 Å². The SMILES string of the molecule is CC[C@@H](Oc1ccc2c(c1)CCCC2)C(=O)Nc1cccc(C(=O)OC)c1. The number of carbonyl (C=O) groups excluding carboxylic acids is 2. The van der Waals surface area contributed by atoms with Crippen molar-refractivity contribution in [1.29, 1.82) is 0 Å². The van der Waals surface area contributed by atoms with Gasteiger partial charge in [-0.15, -0.1) is 0 Å². The summed E-state index contributed by atoms with van der Waals surface area (Å²) in [6.07, 6.45) is 4.55. The maximum atomic E-state index is 12.6. The van der Waals surface area contributed by atoms with E-state index in [9.17, 15) is 9.59 Å². The van der Waals surface area contributed by atoms with E-state index in [2.05, 4.69) is 17.4 Å². The van der Waals surface area contributed by atoms with Crippen LogP contribution in [0.25, 0.3) is 0 Å². The van der Waals surface area contributed by atoms with E-state index in [1.165, 1.54) is 31.1 Å². The van der Waals surface area contributed by atoms with Crippen molar-refractivity contribution < 1.29 is 19.1 Å². The molecule has 5 heteroatoms. The van der Waals surface area contributed by atoms with Crippen molar-refractivity contribution in [3.8, 4) is 5.75 Å². The number of methoxy groups -OCH3 is 1. The lowest BCUT2D eigenvalue weighted by atomic mass is 9.92. The van der Waals surface area contributed by atoms with Crippen LogP contribution in [0.1, 0.15) is 47.7 Å². The van der Waals surface area contributed by atoms with E-state index < -0.39 is 12.1 Å². The number of esters is 1. The van der Waals surface area contributed by atoms with Crippen molar-refractivity contribution in [3.05, 3.63) is 59.2 Å². The minimum atomic E-state index is -0.603. The van der Waals surface area contributed by atoms with Crippen LogP contribution in [0.5, 0.6) is 5.75 Å². The van der Waals surface area contributed by atoms with E-state index in [1.54, 1.807) is 24.3 Å². The Balaban J connectivity index is 1.68. The molecule has 0 heterocycles. The van der Waals surface area contributed by atoms with Gasteiger partial charge in [0.2, 0.25) is 0 Å². The Morgan fingerprint density at radius 3 is 2.59 bits per heavy atom. The molecule has 0 radical (unpaired) electrons. The van der Waals surface area contributed by atoms with Gasteiger partial charge >= 0.3 is 5.97 Å². The van der Waals surface area contributed by atoms with E-state index >= 15 is 0 Å². The summed E-state index contributed by atoms with van der Waals surface area (Å²) in [4.78, 5) is 24.3. The van der Waals surface area contributed by atoms with Gasteiger partial charge in [0.05, 0.1) is 12.7 Å². The van der Waals surface area contributed by atoms with Gasteiger partial charge < -0.3 is 14.8 Å². The molecule has 1 atom stereocenters. The molecule has 0 bridgehead atoms. The number of nitrogens with one attached hydrogen (secondary N) is 1. The van der Waals surface area contributed by atoms with Crippen molar-refractivity contribution in [2.45, 2.75) is 45.1 Å². The molecule has 27 heavy (non-hydrogen) atoms. The number of hydrogen-bond acceptors (Lipinski definition) is 4. The number of carbonyl (C=O) groups is 2. The molecule has 0 aliphatic heterocycles. The van der Waals surface area contributed by atoms with Gasteiger partial charge in [0.1, 0.15) is 5.75 Å². The summed E-state index contributed by atoms with van der Waals surface area (Å²) in [6.45, 7) is 1.91. The molecule has 5 nitrogen and oxygen atoms in total. The molecule has 1 aliphatic rings. The highest BCUT2D eigenvalue weighted by molar-refractivity contribution is 5.96. The Bertz CT molecular complexity index is 831. The zero-order valence-electron chi connectivity index (χ0n) is 15.8. The number of hydrogen-bond donors (Lipinski definition) is 1. The lowest BCUT2D eigenvalue weighted by Gasteiger charge is -2.20. The first-order valence-electron chi connectivity index (χ1n) is 9.38. The van der Waals surface area contributed by atoms with Crippen LogP contribution in [0.4, 0.5) is 5.69 Å². The van der Waals surface area contributed by atoms with E-state index in [4.69, 9.17) is 9.47 Å². The third kappa shape index (κ3) is 4.67. The smallest absolute Gasteiger partial charge is 0.337 e. The number of ether oxygens (including phenoxy) is 2. The van der Waals surface area contributed by atoms with Crippen LogP contribution in [0.3, 0.4) is 0 Å². The molecule has 3 rings (SSSR count). The summed E-state index contributed by atoms with van der Waals surface area (Å²) in [6, 6.07) is 12.8. The van der Waals surface area contributed by atoms with Crippen LogP contribution in [0.15, 0.2) is 42.5 Å². The number of aryl methyl sites for hydroxylation is 2. The van der Waals surface area contributed by atoms with E-state index in [0.29, 0.717) is 17.7 Å². The average Bonchev–Trinajstić information content (AvgIpc) is 2.71. The summed E-state index contributed by atoms with van der Waals surface area (Å²) in [7, 11) is 1.33. The lowest BCUT2D eigenvalue weighted by Crippen LogP contribution is -2.32. The van der Waals surface area contributed by atoms with Gasteiger partial charge in [-0.05, 0) is 73.6 Å². The van der Waals surface area contributed by atoms with Gasteiger partial charge in [-0.25, -0.2) is 4.79 Å². The van der Waals surface area contributed by atoms with Crippen molar-refractivity contribution in [3.63, 3.8) is 0 Å². The summed E-state index contributed by atoms with van der Waals surface area (Å²) < 4.78 is 10.7. The quantitative estimate of drug-likeness (QED) is 0.779. The van der Waals surface area contributed by atoms with E-state index in [0.717, 1.165) is 18.6 Å². The van der Waals surface area contributed by atoms with Crippen LogP contribution < -0.4 is 10.1 Å². The number of anilines is 1. The lowest BCUT2D eigenvalue weighted by molar-refractivity contribution is -0.122. The van der Waals surface area contributed by atoms with Crippen LogP contribution in [-0.4, -0.2) is 25.1 Å². The minimum absolute atomic E-state index is 0.239. The zero-order valence-corrected chi connectivity index (χ0v) is 15.8. The second kappa shape index (κ2) is 8.71. The second-order valence-electron chi connectivity index (χ2n) is 6.71. The number of benzene rings is 2. The van der Waals surface area contributed by atoms with Gasteiger partial charge in [0.25, 0.3) is 5.91 Å². The van der Waals surface area contributed by atoms with Crippen molar-refractivity contribution in [2.24, 2.45) is 0 Å². The maximum absolute atomic E-state index is 12.6. The summed E-state index contributed by atoms with van der Waals surface area (Å²) in [5, 5.41) is 2.82. The fourth-order valence-electron chi connectivity index (χ4n) is 3.33. The Hall–Kier alpha value is -2.82. The van der Waals surface area contributed by atoms with Crippen LogP contribution in [0.2, 0.25) is 0 Å². The highest BCUT2D eigenvalue weighted by Crippen LogP contribution is 2.26. The van der Waals surface area contributed by atoms with Gasteiger partial charge in [0.15, 0.2) is 6.10 Å². The zero-order chi connectivity index (χ0) is 19.2. The first-order valence-corrected chi connectivity index (χ1v) is 9.38. The molecule has 0 saturated heterocycles. The largest absolute Gasteiger partial charge is 0.481 e. The van der Waals surface area contributed by atoms with Crippen LogP contribution >= 0.6 is 0 Å². The normalized spacial score (nSPS) is 14.0. The maximum Gasteiger partial charge on any atom is 0.337 e. The third-order valence-corrected chi connectivity index (χ3v) is 4.81. The molecule has 0 unspecified atom stereocenters. The summed E-state index contributed by atoms with van der Waals surface area (Å²) in [5.74, 6) is 0.0432. The number of fused-ring (bicyclic) bond motifs is 1. The van der Waals surface area contributed by atoms with Crippen molar-refractivity contribution in [1.82, 2.24) is 0 Å². The minimum Gasteiger partial charge on any atom is -0.481 e. The standard InChI is InChI=1S/C22H25NO4/c1-3-20(27-19-12-11-15-7-4-5-8-16(15)14-19)21(24)23-18-10-6-9-17(13-18)22(25)26-2/h6,9-14,20H,3-5,7-8H2,1-2H3,(H,23,24)/t20-/m1/s1. The molecule has 1 N–H and O–H groups in total. The average molecular weight is 367 g/mol. The first kappa shape index (κ1) is 19.0. The monoisotopic (exact) mass is 367 g/mol. The topological polar surface area (TPSA) is 64.6 Å². The Labute approximate surface area is 159 Å². The predicted octanol–water partition coefficient (Wildman–Crippen LogP) is 4.15. The highest BCUT2D eigenvalue weighted by Gasteiger charge is 2.20. The van der Waals surface area contributed by atoms with E-state index in [-0.39, 0.29) is 5.91 Å². The fraction of sp³-hybridized carbons (Fsp3) is 0.364. The second-order valence-corrected chi connectivity index (χ2v) is 6.71.